The second-order valence-corrected chi connectivity index (χ2v) is 2.56. The van der Waals surface area contributed by atoms with Gasteiger partial charge in [0.1, 0.15) is 11.6 Å². The quantitative estimate of drug-likeness (QED) is 0.508. The van der Waals surface area contributed by atoms with E-state index in [1.165, 1.54) is 0 Å². The third kappa shape index (κ3) is 2.75. The van der Waals surface area contributed by atoms with Gasteiger partial charge < -0.3 is 5.73 Å². The molecule has 0 aliphatic heterocycles. The fraction of sp³-hybridized carbons (Fsp3) is 0.556. The van der Waals surface area contributed by atoms with E-state index in [-0.39, 0.29) is 5.57 Å². The first-order chi connectivity index (χ1) is 5.67. The lowest BCUT2D eigenvalue weighted by atomic mass is 10.0. The predicted octanol–water partition coefficient (Wildman–Crippen LogP) is 1.50. The third-order valence-electron chi connectivity index (χ3n) is 1.69. The van der Waals surface area contributed by atoms with Crippen molar-refractivity contribution in [3.63, 3.8) is 0 Å². The summed E-state index contributed by atoms with van der Waals surface area (Å²) in [6, 6.07) is 1.84. The van der Waals surface area contributed by atoms with E-state index in [1.54, 1.807) is 0 Å². The Kier molecular flexibility index (Phi) is 4.78. The molecule has 12 heavy (non-hydrogen) atoms. The van der Waals surface area contributed by atoms with Crippen LogP contribution in [0, 0.1) is 11.3 Å². The van der Waals surface area contributed by atoms with Crippen LogP contribution in [-0.2, 0) is 4.79 Å². The average Bonchev–Trinajstić information content (AvgIpc) is 2.03. The highest BCUT2D eigenvalue weighted by Crippen LogP contribution is 2.14. The fourth-order valence-electron chi connectivity index (χ4n) is 1.09. The zero-order valence-electron chi connectivity index (χ0n) is 7.55. The molecular weight excluding hydrogens is 152 g/mol. The summed E-state index contributed by atoms with van der Waals surface area (Å²) in [7, 11) is 0. The summed E-state index contributed by atoms with van der Waals surface area (Å²) in [5.74, 6) is -0.609. The minimum Gasteiger partial charge on any atom is -0.365 e. The number of hydrogen-bond donors (Lipinski definition) is 1. The summed E-state index contributed by atoms with van der Waals surface area (Å²) in [6.07, 6.45) is 2.43. The molecule has 0 radical (unpaired) electrons. The number of carbonyl (C=O) groups excluding carboxylic acids is 1. The van der Waals surface area contributed by atoms with Crippen LogP contribution in [0.3, 0.4) is 0 Å². The molecule has 0 fully saturated rings. The Morgan fingerprint density at radius 3 is 2.33 bits per heavy atom. The maximum absolute atomic E-state index is 10.7. The van der Waals surface area contributed by atoms with Crippen molar-refractivity contribution < 1.29 is 4.79 Å². The summed E-state index contributed by atoms with van der Waals surface area (Å²) in [5.41, 5.74) is 6.04. The average molecular weight is 166 g/mol. The summed E-state index contributed by atoms with van der Waals surface area (Å²) in [4.78, 5) is 10.7. The van der Waals surface area contributed by atoms with Crippen molar-refractivity contribution in [1.29, 1.82) is 5.26 Å². The van der Waals surface area contributed by atoms with E-state index >= 15 is 0 Å². The molecule has 0 aromatic rings. The molecule has 0 spiro atoms. The Hall–Kier alpha value is -1.30. The predicted molar refractivity (Wildman–Crippen MR) is 47.0 cm³/mol. The minimum absolute atomic E-state index is 0.138. The van der Waals surface area contributed by atoms with Crippen molar-refractivity contribution in [2.75, 3.05) is 0 Å². The monoisotopic (exact) mass is 166 g/mol. The number of nitriles is 1. The van der Waals surface area contributed by atoms with Crippen LogP contribution in [-0.4, -0.2) is 5.91 Å². The van der Waals surface area contributed by atoms with Gasteiger partial charge in [0.2, 0.25) is 0 Å². The lowest BCUT2D eigenvalue weighted by molar-refractivity contribution is -0.114. The highest BCUT2D eigenvalue weighted by atomic mass is 16.1. The van der Waals surface area contributed by atoms with Crippen LogP contribution in [0.2, 0.25) is 0 Å². The first-order valence-corrected chi connectivity index (χ1v) is 4.09. The molecule has 0 bridgehead atoms. The molecule has 0 aliphatic rings. The smallest absolute Gasteiger partial charge is 0.259 e. The molecule has 0 unspecified atom stereocenters. The highest BCUT2D eigenvalue weighted by Gasteiger charge is 2.09. The Balaban J connectivity index is 4.77. The molecule has 2 N–H and O–H groups in total. The SMILES string of the molecule is CCC/C(CC)=C(\C#N)C(N)=O. The summed E-state index contributed by atoms with van der Waals surface area (Å²) in [5, 5.41) is 8.62. The van der Waals surface area contributed by atoms with Crippen LogP contribution in [0.5, 0.6) is 0 Å². The Morgan fingerprint density at radius 1 is 1.50 bits per heavy atom. The first kappa shape index (κ1) is 10.7. The zero-order valence-corrected chi connectivity index (χ0v) is 7.55. The second-order valence-electron chi connectivity index (χ2n) is 2.56. The van der Waals surface area contributed by atoms with Gasteiger partial charge in [-0.2, -0.15) is 5.26 Å². The number of nitrogens with zero attached hydrogens (tertiary/aromatic N) is 1. The van der Waals surface area contributed by atoms with Crippen LogP contribution >= 0.6 is 0 Å². The van der Waals surface area contributed by atoms with E-state index in [0.29, 0.717) is 0 Å². The molecule has 0 aliphatic carbocycles. The Morgan fingerprint density at radius 2 is 2.08 bits per heavy atom. The van der Waals surface area contributed by atoms with Crippen LogP contribution in [0.25, 0.3) is 0 Å². The van der Waals surface area contributed by atoms with Gasteiger partial charge in [0.15, 0.2) is 0 Å². The number of carbonyl (C=O) groups is 1. The topological polar surface area (TPSA) is 66.9 Å². The molecule has 0 saturated carbocycles. The molecule has 0 aromatic carbocycles. The van der Waals surface area contributed by atoms with Crippen molar-refractivity contribution in [2.45, 2.75) is 33.1 Å². The molecule has 0 aromatic heterocycles. The molecule has 0 rings (SSSR count). The Bertz CT molecular complexity index is 235. The lowest BCUT2D eigenvalue weighted by Gasteiger charge is -2.03. The van der Waals surface area contributed by atoms with Gasteiger partial charge in [0, 0.05) is 0 Å². The van der Waals surface area contributed by atoms with Crippen molar-refractivity contribution >= 4 is 5.91 Å². The number of hydrogen-bond acceptors (Lipinski definition) is 2. The minimum atomic E-state index is -0.609. The standard InChI is InChI=1S/C9H14N2O/c1-3-5-7(4-2)8(6-10)9(11)12/h3-5H2,1-2H3,(H2,11,12)/b8-7+. The maximum atomic E-state index is 10.7. The van der Waals surface area contributed by atoms with Gasteiger partial charge in [-0.1, -0.05) is 20.3 Å². The van der Waals surface area contributed by atoms with E-state index in [4.69, 9.17) is 11.0 Å². The molecule has 3 nitrogen and oxygen atoms in total. The van der Waals surface area contributed by atoms with Gasteiger partial charge >= 0.3 is 0 Å². The van der Waals surface area contributed by atoms with E-state index in [2.05, 4.69) is 0 Å². The van der Waals surface area contributed by atoms with Gasteiger partial charge in [-0.25, -0.2) is 0 Å². The van der Waals surface area contributed by atoms with Crippen molar-refractivity contribution in [3.05, 3.63) is 11.1 Å². The number of allylic oxidation sites excluding steroid dienone is 1. The lowest BCUT2D eigenvalue weighted by Crippen LogP contribution is -2.14. The largest absolute Gasteiger partial charge is 0.365 e. The van der Waals surface area contributed by atoms with Crippen molar-refractivity contribution in [1.82, 2.24) is 0 Å². The molecule has 0 atom stereocenters. The van der Waals surface area contributed by atoms with E-state index in [9.17, 15) is 4.79 Å². The van der Waals surface area contributed by atoms with Crippen LogP contribution in [0.1, 0.15) is 33.1 Å². The second kappa shape index (κ2) is 5.36. The molecular formula is C9H14N2O. The molecule has 0 heterocycles. The number of rotatable bonds is 4. The number of primary amides is 1. The van der Waals surface area contributed by atoms with Gasteiger partial charge in [-0.15, -0.1) is 0 Å². The summed E-state index contributed by atoms with van der Waals surface area (Å²) < 4.78 is 0. The molecule has 66 valence electrons. The van der Waals surface area contributed by atoms with Crippen LogP contribution in [0.15, 0.2) is 11.1 Å². The zero-order chi connectivity index (χ0) is 9.56. The van der Waals surface area contributed by atoms with Crippen LogP contribution < -0.4 is 5.73 Å². The first-order valence-electron chi connectivity index (χ1n) is 4.09. The highest BCUT2D eigenvalue weighted by molar-refractivity contribution is 5.96. The molecule has 1 amide bonds. The third-order valence-corrected chi connectivity index (χ3v) is 1.69. The fourth-order valence-corrected chi connectivity index (χ4v) is 1.09. The Labute approximate surface area is 72.9 Å². The van der Waals surface area contributed by atoms with Gasteiger partial charge in [0.05, 0.1) is 0 Å². The van der Waals surface area contributed by atoms with E-state index < -0.39 is 5.91 Å². The summed E-state index contributed by atoms with van der Waals surface area (Å²) in [6.45, 7) is 3.93. The normalized spacial score (nSPS) is 11.8. The van der Waals surface area contributed by atoms with Crippen molar-refractivity contribution in [2.24, 2.45) is 5.73 Å². The summed E-state index contributed by atoms with van der Waals surface area (Å²) >= 11 is 0. The van der Waals surface area contributed by atoms with Crippen molar-refractivity contribution in [3.8, 4) is 6.07 Å². The molecule has 3 heteroatoms. The number of amides is 1. The maximum Gasteiger partial charge on any atom is 0.259 e. The number of nitrogens with two attached hydrogens (primary N) is 1. The molecule has 0 saturated heterocycles. The van der Waals surface area contributed by atoms with Gasteiger partial charge in [-0.3, -0.25) is 4.79 Å². The van der Waals surface area contributed by atoms with E-state index in [0.717, 1.165) is 24.8 Å². The van der Waals surface area contributed by atoms with E-state index in [1.807, 2.05) is 19.9 Å². The van der Waals surface area contributed by atoms with Gasteiger partial charge in [-0.05, 0) is 18.4 Å². The van der Waals surface area contributed by atoms with Gasteiger partial charge in [0.25, 0.3) is 5.91 Å². The van der Waals surface area contributed by atoms with Crippen LogP contribution in [0.4, 0.5) is 0 Å².